The molecule has 43 heavy (non-hydrogen) atoms. The molecule has 0 radical (unpaired) electrons. The van der Waals surface area contributed by atoms with Gasteiger partial charge in [0.05, 0.1) is 11.1 Å². The second kappa shape index (κ2) is 11.9. The third kappa shape index (κ3) is 6.27. The van der Waals surface area contributed by atoms with Gasteiger partial charge in [0.2, 0.25) is 0 Å². The molecule has 0 bridgehead atoms. The van der Waals surface area contributed by atoms with Gasteiger partial charge in [-0.3, -0.25) is 9.78 Å². The first-order valence-corrected chi connectivity index (χ1v) is 13.8. The summed E-state index contributed by atoms with van der Waals surface area (Å²) >= 11 is 0. The van der Waals surface area contributed by atoms with E-state index in [1.54, 1.807) is 30.5 Å². The van der Waals surface area contributed by atoms with E-state index in [1.807, 2.05) is 6.20 Å². The molecule has 12 heteroatoms. The number of carboxylic acid groups (broad SMARTS) is 1. The number of anilines is 1. The average Bonchev–Trinajstić information content (AvgIpc) is 3.42. The van der Waals surface area contributed by atoms with E-state index in [-0.39, 0.29) is 24.1 Å². The number of rotatable bonds is 9. The van der Waals surface area contributed by atoms with Gasteiger partial charge in [0.15, 0.2) is 5.82 Å². The van der Waals surface area contributed by atoms with Crippen LogP contribution < -0.4 is 10.6 Å². The Kier molecular flexibility index (Phi) is 8.30. The molecule has 2 atom stereocenters. The van der Waals surface area contributed by atoms with Gasteiger partial charge in [-0.2, -0.15) is 13.2 Å². The fourth-order valence-corrected chi connectivity index (χ4v) is 5.42. The number of carbonyl (C=O) groups is 2. The fraction of sp³-hybridized carbons (Fsp3) is 0.323. The molecule has 1 aliphatic carbocycles. The van der Waals surface area contributed by atoms with E-state index in [4.69, 9.17) is 4.98 Å². The summed E-state index contributed by atoms with van der Waals surface area (Å²) in [5, 5.41) is 15.2. The number of benzene rings is 2. The number of nitrogens with zero attached hydrogens (tertiary/aromatic N) is 3. The number of carbonyl (C=O) groups excluding carboxylic acids is 1. The molecule has 2 heterocycles. The second-order valence-electron chi connectivity index (χ2n) is 10.6. The first-order valence-electron chi connectivity index (χ1n) is 13.8. The second-order valence-corrected chi connectivity index (χ2v) is 10.6. The monoisotopic (exact) mass is 595 g/mol. The number of aryl methyl sites for hydroxylation is 3. The number of aromatic nitrogens is 3. The van der Waals surface area contributed by atoms with Gasteiger partial charge in [-0.25, -0.2) is 19.2 Å². The number of nitrogens with one attached hydrogen (secondary N) is 2. The number of pyridine rings is 1. The van der Waals surface area contributed by atoms with Crippen LogP contribution in [0.4, 0.5) is 23.2 Å². The summed E-state index contributed by atoms with van der Waals surface area (Å²) < 4.78 is 54.6. The van der Waals surface area contributed by atoms with Gasteiger partial charge in [-0.05, 0) is 73.6 Å². The minimum absolute atomic E-state index is 0.0505. The third-order valence-electron chi connectivity index (χ3n) is 7.60. The van der Waals surface area contributed by atoms with Crippen molar-refractivity contribution in [2.75, 3.05) is 5.32 Å². The number of amides is 1. The molecule has 0 saturated carbocycles. The Balaban J connectivity index is 1.40. The summed E-state index contributed by atoms with van der Waals surface area (Å²) in [4.78, 5) is 39.1. The number of aliphatic carboxylic acids is 1. The summed E-state index contributed by atoms with van der Waals surface area (Å²) in [6.07, 6.45) is 1.31. The predicted octanol–water partition coefficient (Wildman–Crippen LogP) is 5.81. The third-order valence-corrected chi connectivity index (χ3v) is 7.60. The van der Waals surface area contributed by atoms with Gasteiger partial charge in [0, 0.05) is 41.1 Å². The summed E-state index contributed by atoms with van der Waals surface area (Å²) in [5.74, 6) is -2.90. The number of hydrogen-bond donors (Lipinski definition) is 3. The van der Waals surface area contributed by atoms with Crippen LogP contribution in [0, 0.1) is 12.7 Å². The SMILES string of the molecule is CC[C@@H](Nc1cc(C)c(C(=O)N[C@@H](Cc2ccc(-c3ncc4c(n3)CCC4)c3ncccc23)C(=O)O)c(F)c1)C(F)(F)F. The Morgan fingerprint density at radius 1 is 1.12 bits per heavy atom. The number of hydrogen-bond acceptors (Lipinski definition) is 6. The zero-order valence-corrected chi connectivity index (χ0v) is 23.4. The van der Waals surface area contributed by atoms with Gasteiger partial charge in [-0.1, -0.05) is 19.1 Å². The van der Waals surface area contributed by atoms with Crippen molar-refractivity contribution in [1.82, 2.24) is 20.3 Å². The zero-order chi connectivity index (χ0) is 30.9. The van der Waals surface area contributed by atoms with E-state index >= 15 is 4.39 Å². The maximum atomic E-state index is 15.0. The highest BCUT2D eigenvalue weighted by molar-refractivity contribution is 5.99. The lowest BCUT2D eigenvalue weighted by molar-refractivity contribution is -0.143. The molecule has 0 saturated heterocycles. The van der Waals surface area contributed by atoms with Crippen LogP contribution in [-0.2, 0) is 24.1 Å². The highest BCUT2D eigenvalue weighted by Crippen LogP contribution is 2.31. The van der Waals surface area contributed by atoms with Crippen LogP contribution in [0.2, 0.25) is 0 Å². The van der Waals surface area contributed by atoms with E-state index in [2.05, 4.69) is 20.6 Å². The minimum atomic E-state index is -4.55. The Morgan fingerprint density at radius 2 is 1.91 bits per heavy atom. The lowest BCUT2D eigenvalue weighted by atomic mass is 9.97. The first kappa shape index (κ1) is 29.9. The number of carboxylic acids is 1. The molecule has 3 N–H and O–H groups in total. The lowest BCUT2D eigenvalue weighted by Crippen LogP contribution is -2.43. The molecule has 0 fully saturated rings. The Morgan fingerprint density at radius 3 is 2.60 bits per heavy atom. The number of alkyl halides is 3. The molecule has 2 aromatic heterocycles. The summed E-state index contributed by atoms with van der Waals surface area (Å²) in [6.45, 7) is 2.71. The van der Waals surface area contributed by atoms with Gasteiger partial charge < -0.3 is 15.7 Å². The van der Waals surface area contributed by atoms with Crippen molar-refractivity contribution in [2.24, 2.45) is 0 Å². The van der Waals surface area contributed by atoms with Crippen LogP contribution >= 0.6 is 0 Å². The van der Waals surface area contributed by atoms with Crippen LogP contribution in [-0.4, -0.2) is 50.2 Å². The quantitative estimate of drug-likeness (QED) is 0.209. The van der Waals surface area contributed by atoms with E-state index in [9.17, 15) is 27.9 Å². The minimum Gasteiger partial charge on any atom is -0.480 e. The summed E-state index contributed by atoms with van der Waals surface area (Å²) in [6, 6.07) is 5.68. The largest absolute Gasteiger partial charge is 0.480 e. The van der Waals surface area contributed by atoms with Crippen molar-refractivity contribution in [1.29, 1.82) is 0 Å². The van der Waals surface area contributed by atoms with Gasteiger partial charge >= 0.3 is 12.1 Å². The molecule has 4 aromatic rings. The predicted molar refractivity (Wildman–Crippen MR) is 152 cm³/mol. The molecule has 8 nitrogen and oxygen atoms in total. The van der Waals surface area contributed by atoms with E-state index in [0.717, 1.165) is 36.6 Å². The fourth-order valence-electron chi connectivity index (χ4n) is 5.42. The number of halogens is 4. The molecule has 0 aliphatic heterocycles. The van der Waals surface area contributed by atoms with Crippen molar-refractivity contribution in [2.45, 2.75) is 64.2 Å². The molecule has 2 aromatic carbocycles. The maximum Gasteiger partial charge on any atom is 0.408 e. The molecule has 1 amide bonds. The molecule has 1 aliphatic rings. The topological polar surface area (TPSA) is 117 Å². The Bertz CT molecular complexity index is 1690. The Hall–Kier alpha value is -4.61. The van der Waals surface area contributed by atoms with Gasteiger partial charge in [0.1, 0.15) is 17.9 Å². The van der Waals surface area contributed by atoms with Crippen molar-refractivity contribution >= 4 is 28.5 Å². The molecule has 0 unspecified atom stereocenters. The van der Waals surface area contributed by atoms with Crippen molar-refractivity contribution < 1.29 is 32.3 Å². The average molecular weight is 596 g/mol. The van der Waals surface area contributed by atoms with E-state index in [1.165, 1.54) is 19.9 Å². The lowest BCUT2D eigenvalue weighted by Gasteiger charge is -2.22. The normalized spacial score (nSPS) is 14.3. The van der Waals surface area contributed by atoms with Crippen molar-refractivity contribution in [3.05, 3.63) is 82.6 Å². The molecule has 0 spiro atoms. The number of fused-ring (bicyclic) bond motifs is 2. The van der Waals surface area contributed by atoms with Crippen LogP contribution in [0.25, 0.3) is 22.3 Å². The zero-order valence-electron chi connectivity index (χ0n) is 23.4. The van der Waals surface area contributed by atoms with Gasteiger partial charge in [0.25, 0.3) is 5.91 Å². The molecular weight excluding hydrogens is 566 g/mol. The summed E-state index contributed by atoms with van der Waals surface area (Å²) in [7, 11) is 0. The summed E-state index contributed by atoms with van der Waals surface area (Å²) in [5.41, 5.74) is 3.43. The highest BCUT2D eigenvalue weighted by Gasteiger charge is 2.38. The maximum absolute atomic E-state index is 15.0. The Labute approximate surface area is 244 Å². The molecule has 224 valence electrons. The van der Waals surface area contributed by atoms with Crippen LogP contribution in [0.5, 0.6) is 0 Å². The van der Waals surface area contributed by atoms with Crippen LogP contribution in [0.3, 0.4) is 0 Å². The highest BCUT2D eigenvalue weighted by atomic mass is 19.4. The smallest absolute Gasteiger partial charge is 0.408 e. The van der Waals surface area contributed by atoms with Gasteiger partial charge in [-0.15, -0.1) is 0 Å². The standard InChI is InChI=1S/C31H29F4N5O3/c1-3-25(31(33,34)35)38-19-12-16(2)26(22(32)14-19)29(41)40-24(30(42)43)13-17-9-10-21(27-20(17)7-5-11-36-27)28-37-15-18-6-4-8-23(18)39-28/h5,7,9-12,14-15,24-25,38H,3-4,6,8,13H2,1-2H3,(H,40,41)(H,42,43)/t24-,25+/m0/s1. The van der Waals surface area contributed by atoms with Crippen molar-refractivity contribution in [3.8, 4) is 11.4 Å². The van der Waals surface area contributed by atoms with Crippen LogP contribution in [0.15, 0.2) is 48.8 Å². The van der Waals surface area contributed by atoms with Crippen molar-refractivity contribution in [3.63, 3.8) is 0 Å². The molecular formula is C31H29F4N5O3. The van der Waals surface area contributed by atoms with E-state index < -0.39 is 41.5 Å². The first-order chi connectivity index (χ1) is 20.5. The molecule has 5 rings (SSSR count). The van der Waals surface area contributed by atoms with Crippen LogP contribution in [0.1, 0.15) is 52.5 Å². The van der Waals surface area contributed by atoms with E-state index in [0.29, 0.717) is 27.9 Å².